The molecule has 0 aliphatic heterocycles. The van der Waals surface area contributed by atoms with Crippen LogP contribution in [0.4, 0.5) is 0 Å². The van der Waals surface area contributed by atoms with Crippen molar-refractivity contribution in [2.45, 2.75) is 30.6 Å². The largest absolute Gasteiger partial charge is 0.422 e. The Morgan fingerprint density at radius 3 is 2.42 bits per heavy atom. The number of rotatable bonds is 3. The van der Waals surface area contributed by atoms with Gasteiger partial charge in [0, 0.05) is 17.0 Å². The van der Waals surface area contributed by atoms with Gasteiger partial charge in [0.05, 0.1) is 5.02 Å². The Kier molecular flexibility index (Phi) is 4.25. The fourth-order valence-corrected chi connectivity index (χ4v) is 4.47. The molecule has 0 N–H and O–H groups in total. The fourth-order valence-electron chi connectivity index (χ4n) is 3.26. The summed E-state index contributed by atoms with van der Waals surface area (Å²) in [7, 11) is -4.04. The number of hydrogen-bond acceptors (Lipinski definition) is 5. The highest BCUT2D eigenvalue weighted by molar-refractivity contribution is 7.87. The summed E-state index contributed by atoms with van der Waals surface area (Å²) in [5.74, 6) is -0.0677. The van der Waals surface area contributed by atoms with Gasteiger partial charge in [0.25, 0.3) is 0 Å². The van der Waals surface area contributed by atoms with Crippen molar-refractivity contribution >= 4 is 32.7 Å². The van der Waals surface area contributed by atoms with Crippen molar-refractivity contribution in [3.63, 3.8) is 0 Å². The summed E-state index contributed by atoms with van der Waals surface area (Å²) in [5, 5.41) is 0.882. The summed E-state index contributed by atoms with van der Waals surface area (Å²) in [4.78, 5) is 12.2. The van der Waals surface area contributed by atoms with Crippen LogP contribution in [0.1, 0.15) is 24.0 Å². The highest BCUT2D eigenvalue weighted by Gasteiger charge is 2.22. The fraction of sp³-hybridized carbons (Fsp3) is 0.211. The molecule has 0 unspecified atom stereocenters. The first kappa shape index (κ1) is 17.1. The SMILES string of the molecule is O=c1oc2cc(OS(=O)(=O)c3ccccc3)c(Cl)cc2c2c1CCCC2. The monoisotopic (exact) mass is 390 g/mol. The van der Waals surface area contributed by atoms with Gasteiger partial charge in [0.1, 0.15) is 10.5 Å². The lowest BCUT2D eigenvalue weighted by atomic mass is 9.91. The zero-order valence-electron chi connectivity index (χ0n) is 13.7. The van der Waals surface area contributed by atoms with E-state index in [1.165, 1.54) is 18.2 Å². The second-order valence-corrected chi connectivity index (χ2v) is 8.14. The van der Waals surface area contributed by atoms with E-state index in [1.807, 2.05) is 0 Å². The average Bonchev–Trinajstić information content (AvgIpc) is 2.64. The zero-order chi connectivity index (χ0) is 18.3. The lowest BCUT2D eigenvalue weighted by Gasteiger charge is -2.17. The zero-order valence-corrected chi connectivity index (χ0v) is 15.3. The summed E-state index contributed by atoms with van der Waals surface area (Å²) >= 11 is 6.27. The molecule has 1 aliphatic carbocycles. The molecule has 1 aromatic heterocycles. The third kappa shape index (κ3) is 2.99. The van der Waals surface area contributed by atoms with E-state index in [-0.39, 0.29) is 26.9 Å². The Hall–Kier alpha value is -2.31. The van der Waals surface area contributed by atoms with Crippen LogP contribution in [-0.2, 0) is 23.0 Å². The second kappa shape index (κ2) is 6.45. The first-order valence-electron chi connectivity index (χ1n) is 8.23. The number of hydrogen-bond donors (Lipinski definition) is 0. The normalized spacial score (nSPS) is 14.2. The highest BCUT2D eigenvalue weighted by Crippen LogP contribution is 2.35. The topological polar surface area (TPSA) is 73.6 Å². The van der Waals surface area contributed by atoms with Crippen molar-refractivity contribution in [1.82, 2.24) is 0 Å². The summed E-state index contributed by atoms with van der Waals surface area (Å²) < 4.78 is 35.4. The van der Waals surface area contributed by atoms with Gasteiger partial charge in [-0.25, -0.2) is 4.79 Å². The summed E-state index contributed by atoms with van der Waals surface area (Å²) in [5.41, 5.74) is 1.51. The average molecular weight is 391 g/mol. The molecule has 134 valence electrons. The Labute approximate surface area is 155 Å². The van der Waals surface area contributed by atoms with Crippen molar-refractivity contribution in [2.24, 2.45) is 0 Å². The Balaban J connectivity index is 1.82. The van der Waals surface area contributed by atoms with E-state index in [0.717, 1.165) is 30.2 Å². The lowest BCUT2D eigenvalue weighted by molar-refractivity contribution is 0.484. The molecule has 0 amide bonds. The summed E-state index contributed by atoms with van der Waals surface area (Å²) in [6.45, 7) is 0. The van der Waals surface area contributed by atoms with E-state index in [9.17, 15) is 13.2 Å². The molecule has 0 bridgehead atoms. The van der Waals surface area contributed by atoms with Crippen molar-refractivity contribution in [3.05, 3.63) is 69.0 Å². The molecule has 3 aromatic rings. The smallest absolute Gasteiger partial charge is 0.339 e. The molecule has 0 radical (unpaired) electrons. The number of halogens is 1. The molecular weight excluding hydrogens is 376 g/mol. The van der Waals surface area contributed by atoms with Crippen molar-refractivity contribution < 1.29 is 17.0 Å². The first-order valence-corrected chi connectivity index (χ1v) is 10.0. The van der Waals surface area contributed by atoms with Crippen LogP contribution in [0.15, 0.2) is 56.6 Å². The van der Waals surface area contributed by atoms with Crippen molar-refractivity contribution in [3.8, 4) is 5.75 Å². The molecule has 0 fully saturated rings. The summed E-state index contributed by atoms with van der Waals surface area (Å²) in [6, 6.07) is 10.8. The molecular formula is C19H15ClO5S. The van der Waals surface area contributed by atoms with Gasteiger partial charge < -0.3 is 8.60 Å². The highest BCUT2D eigenvalue weighted by atomic mass is 35.5. The molecule has 0 saturated heterocycles. The molecule has 2 aromatic carbocycles. The minimum absolute atomic E-state index is 0.0167. The van der Waals surface area contributed by atoms with Crippen LogP contribution in [0.5, 0.6) is 5.75 Å². The predicted molar refractivity (Wildman–Crippen MR) is 98.4 cm³/mol. The van der Waals surface area contributed by atoms with Crippen LogP contribution in [0.2, 0.25) is 5.02 Å². The summed E-state index contributed by atoms with van der Waals surface area (Å²) in [6.07, 6.45) is 3.40. The van der Waals surface area contributed by atoms with E-state index in [2.05, 4.69) is 0 Å². The minimum atomic E-state index is -4.04. The van der Waals surface area contributed by atoms with Gasteiger partial charge >= 0.3 is 15.7 Å². The predicted octanol–water partition coefficient (Wildman–Crippen LogP) is 4.09. The van der Waals surface area contributed by atoms with E-state index in [4.69, 9.17) is 20.2 Å². The van der Waals surface area contributed by atoms with Gasteiger partial charge in [0.15, 0.2) is 5.75 Å². The van der Waals surface area contributed by atoms with Crippen LogP contribution in [0.3, 0.4) is 0 Å². The quantitative estimate of drug-likeness (QED) is 0.497. The van der Waals surface area contributed by atoms with Gasteiger partial charge in [-0.2, -0.15) is 8.42 Å². The maximum Gasteiger partial charge on any atom is 0.339 e. The van der Waals surface area contributed by atoms with Gasteiger partial charge in [-0.1, -0.05) is 29.8 Å². The molecule has 0 spiro atoms. The molecule has 5 nitrogen and oxygen atoms in total. The van der Waals surface area contributed by atoms with Crippen LogP contribution in [0, 0.1) is 0 Å². The number of fused-ring (bicyclic) bond motifs is 3. The molecule has 1 heterocycles. The van der Waals surface area contributed by atoms with Gasteiger partial charge in [-0.05, 0) is 49.4 Å². The molecule has 7 heteroatoms. The van der Waals surface area contributed by atoms with Crippen LogP contribution >= 0.6 is 11.6 Å². The minimum Gasteiger partial charge on any atom is -0.422 e. The van der Waals surface area contributed by atoms with Gasteiger partial charge in [0.2, 0.25) is 0 Å². The van der Waals surface area contributed by atoms with E-state index < -0.39 is 10.1 Å². The van der Waals surface area contributed by atoms with E-state index >= 15 is 0 Å². The van der Waals surface area contributed by atoms with Gasteiger partial charge in [-0.3, -0.25) is 0 Å². The third-order valence-electron chi connectivity index (χ3n) is 4.51. The maximum absolute atomic E-state index is 12.4. The van der Waals surface area contributed by atoms with E-state index in [1.54, 1.807) is 24.3 Å². The standard InChI is InChI=1S/C19H15ClO5S/c20-16-10-15-13-8-4-5-9-14(13)19(21)24-17(15)11-18(16)25-26(22,23)12-6-2-1-3-7-12/h1-3,6-7,10-11H,4-5,8-9H2. The molecule has 4 rings (SSSR count). The maximum atomic E-state index is 12.4. The lowest BCUT2D eigenvalue weighted by Crippen LogP contribution is -2.16. The Morgan fingerprint density at radius 1 is 1.00 bits per heavy atom. The van der Waals surface area contributed by atoms with Crippen LogP contribution in [-0.4, -0.2) is 8.42 Å². The third-order valence-corrected chi connectivity index (χ3v) is 6.05. The Bertz CT molecular complexity index is 1150. The first-order chi connectivity index (χ1) is 12.5. The number of aryl methyl sites for hydroxylation is 1. The van der Waals surface area contributed by atoms with Crippen LogP contribution in [0.25, 0.3) is 11.0 Å². The molecule has 1 aliphatic rings. The van der Waals surface area contributed by atoms with E-state index in [0.29, 0.717) is 12.0 Å². The number of benzene rings is 2. The van der Waals surface area contributed by atoms with Crippen LogP contribution < -0.4 is 9.81 Å². The Morgan fingerprint density at radius 2 is 1.69 bits per heavy atom. The molecule has 26 heavy (non-hydrogen) atoms. The van der Waals surface area contributed by atoms with Crippen molar-refractivity contribution in [2.75, 3.05) is 0 Å². The van der Waals surface area contributed by atoms with Crippen molar-refractivity contribution in [1.29, 1.82) is 0 Å². The molecule has 0 atom stereocenters. The molecule has 0 saturated carbocycles. The second-order valence-electron chi connectivity index (χ2n) is 6.18. The van der Waals surface area contributed by atoms with Gasteiger partial charge in [-0.15, -0.1) is 0 Å².